The van der Waals surface area contributed by atoms with E-state index in [0.717, 1.165) is 10.4 Å². The summed E-state index contributed by atoms with van der Waals surface area (Å²) in [6, 6.07) is 8.81. The molecule has 1 N–H and O–H groups in total. The molecule has 0 bridgehead atoms. The Bertz CT molecular complexity index is 831. The molecule has 0 atom stereocenters. The van der Waals surface area contributed by atoms with Gasteiger partial charge in [0, 0.05) is 4.88 Å². The maximum Gasteiger partial charge on any atom is 0.344 e. The van der Waals surface area contributed by atoms with Gasteiger partial charge in [-0.25, -0.2) is 9.59 Å². The van der Waals surface area contributed by atoms with Crippen LogP contribution in [0.5, 0.6) is 5.75 Å². The highest BCUT2D eigenvalue weighted by atomic mass is 32.1. The molecule has 150 valence electrons. The number of carbonyl (C=O) groups is 3. The molecule has 0 aliphatic carbocycles. The number of aryl methyl sites for hydroxylation is 1. The van der Waals surface area contributed by atoms with Gasteiger partial charge in [0.1, 0.15) is 10.8 Å². The summed E-state index contributed by atoms with van der Waals surface area (Å²) in [5.41, 5.74) is 1.20. The summed E-state index contributed by atoms with van der Waals surface area (Å²) >= 11 is 1.29. The van der Waals surface area contributed by atoms with Gasteiger partial charge in [-0.3, -0.25) is 4.79 Å². The van der Waals surface area contributed by atoms with Crippen molar-refractivity contribution in [3.63, 3.8) is 0 Å². The molecular formula is C20H23NO6S. The number of rotatable bonds is 9. The first kappa shape index (κ1) is 21.4. The Labute approximate surface area is 167 Å². The van der Waals surface area contributed by atoms with Crippen molar-refractivity contribution < 1.29 is 28.6 Å². The molecule has 28 heavy (non-hydrogen) atoms. The molecule has 0 radical (unpaired) electrons. The molecule has 1 heterocycles. The van der Waals surface area contributed by atoms with Gasteiger partial charge in [-0.2, -0.15) is 0 Å². The van der Waals surface area contributed by atoms with Gasteiger partial charge in [-0.05, 0) is 38.0 Å². The van der Waals surface area contributed by atoms with Crippen LogP contribution in [-0.4, -0.2) is 37.7 Å². The van der Waals surface area contributed by atoms with Crippen LogP contribution in [0.2, 0.25) is 0 Å². The first-order chi connectivity index (χ1) is 13.5. The van der Waals surface area contributed by atoms with Crippen LogP contribution < -0.4 is 10.1 Å². The number of hydrogen-bond acceptors (Lipinski definition) is 7. The molecule has 1 aromatic heterocycles. The van der Waals surface area contributed by atoms with E-state index in [4.69, 9.17) is 14.2 Å². The Morgan fingerprint density at radius 1 is 1.04 bits per heavy atom. The largest absolute Gasteiger partial charge is 0.482 e. The molecule has 1 aromatic carbocycles. The molecule has 0 aliphatic rings. The van der Waals surface area contributed by atoms with Gasteiger partial charge in [0.05, 0.1) is 12.2 Å². The zero-order chi connectivity index (χ0) is 20.5. The number of carbonyl (C=O) groups excluding carboxylic acids is 3. The van der Waals surface area contributed by atoms with Crippen LogP contribution in [0.25, 0.3) is 0 Å². The van der Waals surface area contributed by atoms with E-state index in [0.29, 0.717) is 22.7 Å². The van der Waals surface area contributed by atoms with Gasteiger partial charge < -0.3 is 19.5 Å². The minimum atomic E-state index is -0.666. The molecule has 2 rings (SSSR count). The second-order valence-electron chi connectivity index (χ2n) is 5.73. The van der Waals surface area contributed by atoms with Crippen molar-refractivity contribution in [1.29, 1.82) is 0 Å². The number of benzene rings is 1. The van der Waals surface area contributed by atoms with Gasteiger partial charge in [0.15, 0.2) is 13.2 Å². The second kappa shape index (κ2) is 10.5. The Hall–Kier alpha value is -2.87. The van der Waals surface area contributed by atoms with Crippen molar-refractivity contribution in [3.8, 4) is 5.75 Å². The van der Waals surface area contributed by atoms with Gasteiger partial charge in [0.25, 0.3) is 5.91 Å². The lowest BCUT2D eigenvalue weighted by Crippen LogP contribution is -2.24. The van der Waals surface area contributed by atoms with Crippen LogP contribution in [0.3, 0.4) is 0 Å². The van der Waals surface area contributed by atoms with Crippen molar-refractivity contribution in [2.75, 3.05) is 25.1 Å². The van der Waals surface area contributed by atoms with Crippen LogP contribution in [-0.2, 0) is 25.5 Å². The standard InChI is InChI=1S/C20H23NO6S/c1-4-15-13(3)28-19(18(15)20(24)25-5-2)21-16(22)11-27-17(23)12-26-14-9-7-6-8-10-14/h6-10H,4-5,11-12H2,1-3H3,(H,21,22). The SMILES string of the molecule is CCOC(=O)c1c(NC(=O)COC(=O)COc2ccccc2)sc(C)c1CC. The molecule has 0 aliphatic heterocycles. The van der Waals surface area contributed by atoms with Gasteiger partial charge in [-0.15, -0.1) is 11.3 Å². The minimum absolute atomic E-state index is 0.239. The Balaban J connectivity index is 1.92. The number of nitrogens with one attached hydrogen (secondary N) is 1. The van der Waals surface area contributed by atoms with Crippen LogP contribution in [0.4, 0.5) is 5.00 Å². The molecule has 7 nitrogen and oxygen atoms in total. The highest BCUT2D eigenvalue weighted by Crippen LogP contribution is 2.34. The van der Waals surface area contributed by atoms with Crippen LogP contribution in [0.15, 0.2) is 30.3 Å². The lowest BCUT2D eigenvalue weighted by Gasteiger charge is -2.09. The number of amides is 1. The number of para-hydroxylation sites is 1. The van der Waals surface area contributed by atoms with E-state index in [1.54, 1.807) is 31.2 Å². The highest BCUT2D eigenvalue weighted by molar-refractivity contribution is 7.16. The van der Waals surface area contributed by atoms with Crippen LogP contribution in [0.1, 0.15) is 34.6 Å². The molecule has 1 amide bonds. The molecule has 0 spiro atoms. The van der Waals surface area contributed by atoms with Gasteiger partial charge >= 0.3 is 11.9 Å². The van der Waals surface area contributed by atoms with E-state index in [2.05, 4.69) is 5.32 Å². The minimum Gasteiger partial charge on any atom is -0.482 e. The summed E-state index contributed by atoms with van der Waals surface area (Å²) in [5.74, 6) is -1.15. The summed E-state index contributed by atoms with van der Waals surface area (Å²) in [4.78, 5) is 37.1. The molecular weight excluding hydrogens is 382 g/mol. The second-order valence-corrected chi connectivity index (χ2v) is 6.95. The van der Waals surface area contributed by atoms with Crippen molar-refractivity contribution in [2.24, 2.45) is 0 Å². The number of ether oxygens (including phenoxy) is 3. The third-order valence-corrected chi connectivity index (χ3v) is 4.82. The van der Waals surface area contributed by atoms with E-state index >= 15 is 0 Å². The maximum absolute atomic E-state index is 12.3. The normalized spacial score (nSPS) is 10.2. The zero-order valence-electron chi connectivity index (χ0n) is 16.1. The van der Waals surface area contributed by atoms with E-state index in [9.17, 15) is 14.4 Å². The van der Waals surface area contributed by atoms with E-state index in [1.165, 1.54) is 11.3 Å². The van der Waals surface area contributed by atoms with E-state index in [-0.39, 0.29) is 13.2 Å². The number of anilines is 1. The van der Waals surface area contributed by atoms with E-state index < -0.39 is 24.5 Å². The zero-order valence-corrected chi connectivity index (χ0v) is 16.9. The first-order valence-electron chi connectivity index (χ1n) is 8.88. The monoisotopic (exact) mass is 405 g/mol. The number of esters is 2. The molecule has 0 saturated heterocycles. The molecule has 0 unspecified atom stereocenters. The molecule has 2 aromatic rings. The summed E-state index contributed by atoms with van der Waals surface area (Å²) in [6.45, 7) is 4.99. The molecule has 0 fully saturated rings. The summed E-state index contributed by atoms with van der Waals surface area (Å²) in [5, 5.41) is 3.03. The number of thiophene rings is 1. The Morgan fingerprint density at radius 2 is 1.75 bits per heavy atom. The lowest BCUT2D eigenvalue weighted by atomic mass is 10.1. The van der Waals surface area contributed by atoms with Crippen LogP contribution >= 0.6 is 11.3 Å². The van der Waals surface area contributed by atoms with Gasteiger partial charge in [-0.1, -0.05) is 25.1 Å². The first-order valence-corrected chi connectivity index (χ1v) is 9.70. The Kier molecular flexibility index (Phi) is 8.01. The fourth-order valence-electron chi connectivity index (χ4n) is 2.52. The van der Waals surface area contributed by atoms with Crippen molar-refractivity contribution in [3.05, 3.63) is 46.3 Å². The van der Waals surface area contributed by atoms with Gasteiger partial charge in [0.2, 0.25) is 0 Å². The smallest absolute Gasteiger partial charge is 0.344 e. The fraction of sp³-hybridized carbons (Fsp3) is 0.350. The molecule has 8 heteroatoms. The predicted molar refractivity (Wildman–Crippen MR) is 106 cm³/mol. The van der Waals surface area contributed by atoms with Crippen molar-refractivity contribution in [2.45, 2.75) is 27.2 Å². The molecule has 0 saturated carbocycles. The quantitative estimate of drug-likeness (QED) is 0.644. The topological polar surface area (TPSA) is 90.9 Å². The third-order valence-electron chi connectivity index (χ3n) is 3.76. The summed E-state index contributed by atoms with van der Waals surface area (Å²) in [7, 11) is 0. The lowest BCUT2D eigenvalue weighted by molar-refractivity contribution is -0.149. The Morgan fingerprint density at radius 3 is 2.39 bits per heavy atom. The van der Waals surface area contributed by atoms with Crippen molar-refractivity contribution >= 4 is 34.2 Å². The third kappa shape index (κ3) is 5.82. The van der Waals surface area contributed by atoms with Crippen LogP contribution in [0, 0.1) is 6.92 Å². The maximum atomic E-state index is 12.3. The van der Waals surface area contributed by atoms with E-state index in [1.807, 2.05) is 19.9 Å². The van der Waals surface area contributed by atoms with Crippen molar-refractivity contribution in [1.82, 2.24) is 0 Å². The average molecular weight is 405 g/mol. The fourth-order valence-corrected chi connectivity index (χ4v) is 3.67. The number of hydrogen-bond donors (Lipinski definition) is 1. The summed E-state index contributed by atoms with van der Waals surface area (Å²) < 4.78 is 15.3. The highest BCUT2D eigenvalue weighted by Gasteiger charge is 2.23. The average Bonchev–Trinajstić information content (AvgIpc) is 3.00. The predicted octanol–water partition coefficient (Wildman–Crippen LogP) is 3.36. The summed E-state index contributed by atoms with van der Waals surface area (Å²) in [6.07, 6.45) is 0.637.